The Morgan fingerprint density at radius 2 is 2.16 bits per heavy atom. The number of benzene rings is 1. The molecule has 1 atom stereocenters. The maximum atomic E-state index is 12.1. The summed E-state index contributed by atoms with van der Waals surface area (Å²) >= 11 is 0. The van der Waals surface area contributed by atoms with E-state index in [0.717, 1.165) is 37.9 Å². The number of piperidine rings is 1. The number of hydrogen-bond acceptors (Lipinski definition) is 2. The summed E-state index contributed by atoms with van der Waals surface area (Å²) in [6.45, 7) is 1.82. The van der Waals surface area contributed by atoms with E-state index in [9.17, 15) is 4.79 Å². The lowest BCUT2D eigenvalue weighted by Crippen LogP contribution is -2.39. The van der Waals surface area contributed by atoms with Crippen molar-refractivity contribution < 1.29 is 9.90 Å². The molecule has 1 heterocycles. The lowest BCUT2D eigenvalue weighted by Gasteiger charge is -2.31. The van der Waals surface area contributed by atoms with Crippen molar-refractivity contribution in [3.63, 3.8) is 0 Å². The van der Waals surface area contributed by atoms with Crippen LogP contribution >= 0.6 is 0 Å². The predicted octanol–water partition coefficient (Wildman–Crippen LogP) is 2.32. The third-order valence-corrected chi connectivity index (χ3v) is 3.59. The van der Waals surface area contributed by atoms with E-state index in [1.54, 1.807) is 6.08 Å². The second-order valence-corrected chi connectivity index (χ2v) is 5.05. The molecule has 0 saturated carbocycles. The summed E-state index contributed by atoms with van der Waals surface area (Å²) in [5.74, 6) is 0.527. The minimum Gasteiger partial charge on any atom is -0.396 e. The first-order chi connectivity index (χ1) is 9.29. The molecule has 3 nitrogen and oxygen atoms in total. The number of carbonyl (C=O) groups is 1. The average Bonchev–Trinajstić information content (AvgIpc) is 2.46. The van der Waals surface area contributed by atoms with E-state index in [2.05, 4.69) is 0 Å². The Morgan fingerprint density at radius 3 is 2.89 bits per heavy atom. The van der Waals surface area contributed by atoms with Gasteiger partial charge in [0.05, 0.1) is 0 Å². The summed E-state index contributed by atoms with van der Waals surface area (Å²) < 4.78 is 0. The number of aliphatic hydroxyl groups excluding tert-OH is 1. The molecule has 1 aromatic rings. The molecule has 1 saturated heterocycles. The van der Waals surface area contributed by atoms with Gasteiger partial charge in [-0.3, -0.25) is 4.79 Å². The minimum absolute atomic E-state index is 0.0755. The molecule has 0 bridgehead atoms. The lowest BCUT2D eigenvalue weighted by molar-refractivity contribution is -0.127. The second-order valence-electron chi connectivity index (χ2n) is 5.05. The van der Waals surface area contributed by atoms with Crippen LogP contribution in [0.3, 0.4) is 0 Å². The van der Waals surface area contributed by atoms with Crippen molar-refractivity contribution in [2.75, 3.05) is 19.7 Å². The van der Waals surface area contributed by atoms with Crippen molar-refractivity contribution in [2.45, 2.75) is 19.3 Å². The van der Waals surface area contributed by atoms with Crippen molar-refractivity contribution in [1.29, 1.82) is 0 Å². The van der Waals surface area contributed by atoms with Crippen LogP contribution in [0.1, 0.15) is 24.8 Å². The van der Waals surface area contributed by atoms with Crippen molar-refractivity contribution in [3.8, 4) is 0 Å². The van der Waals surface area contributed by atoms with E-state index in [0.29, 0.717) is 5.92 Å². The molecular formula is C16H21NO2. The maximum Gasteiger partial charge on any atom is 0.246 e. The van der Waals surface area contributed by atoms with Crippen LogP contribution in [0.2, 0.25) is 0 Å². The van der Waals surface area contributed by atoms with Gasteiger partial charge in [0.2, 0.25) is 5.91 Å². The predicted molar refractivity (Wildman–Crippen MR) is 76.5 cm³/mol. The van der Waals surface area contributed by atoms with Gasteiger partial charge in [-0.25, -0.2) is 0 Å². The fourth-order valence-corrected chi connectivity index (χ4v) is 2.52. The van der Waals surface area contributed by atoms with E-state index in [4.69, 9.17) is 5.11 Å². The van der Waals surface area contributed by atoms with Gasteiger partial charge in [0.15, 0.2) is 0 Å². The molecule has 0 spiro atoms. The summed E-state index contributed by atoms with van der Waals surface area (Å²) in [7, 11) is 0. The van der Waals surface area contributed by atoms with Crippen molar-refractivity contribution in [2.24, 2.45) is 5.92 Å². The molecule has 1 aromatic carbocycles. The summed E-state index contributed by atoms with van der Waals surface area (Å²) in [5, 5.41) is 8.98. The molecule has 1 fully saturated rings. The van der Waals surface area contributed by atoms with E-state index < -0.39 is 0 Å². The summed E-state index contributed by atoms with van der Waals surface area (Å²) in [4.78, 5) is 14.0. The van der Waals surface area contributed by atoms with Crippen molar-refractivity contribution >= 4 is 12.0 Å². The Bertz CT molecular complexity index is 426. The zero-order chi connectivity index (χ0) is 13.5. The van der Waals surface area contributed by atoms with Crippen LogP contribution in [0.15, 0.2) is 36.4 Å². The molecule has 0 radical (unpaired) electrons. The van der Waals surface area contributed by atoms with E-state index in [1.807, 2.05) is 41.3 Å². The number of hydrogen-bond donors (Lipinski definition) is 1. The maximum absolute atomic E-state index is 12.1. The van der Waals surface area contributed by atoms with Crippen LogP contribution in [-0.4, -0.2) is 35.6 Å². The summed E-state index contributed by atoms with van der Waals surface area (Å²) in [5.41, 5.74) is 1.04. The Balaban J connectivity index is 1.90. The molecule has 0 aliphatic carbocycles. The number of nitrogens with zero attached hydrogens (tertiary/aromatic N) is 1. The number of rotatable bonds is 4. The Hall–Kier alpha value is -1.61. The molecule has 2 rings (SSSR count). The first kappa shape index (κ1) is 13.8. The highest BCUT2D eigenvalue weighted by atomic mass is 16.3. The molecule has 3 heteroatoms. The van der Waals surface area contributed by atoms with Gasteiger partial charge in [-0.1, -0.05) is 30.3 Å². The monoisotopic (exact) mass is 259 g/mol. The van der Waals surface area contributed by atoms with Gasteiger partial charge in [-0.2, -0.15) is 0 Å². The first-order valence-electron chi connectivity index (χ1n) is 6.92. The lowest BCUT2D eigenvalue weighted by atomic mass is 9.95. The molecule has 102 valence electrons. The highest BCUT2D eigenvalue weighted by molar-refractivity contribution is 5.91. The average molecular weight is 259 g/mol. The smallest absolute Gasteiger partial charge is 0.246 e. The van der Waals surface area contributed by atoms with Gasteiger partial charge < -0.3 is 10.0 Å². The quantitative estimate of drug-likeness (QED) is 0.843. The molecule has 1 aliphatic rings. The molecule has 0 unspecified atom stereocenters. The van der Waals surface area contributed by atoms with Gasteiger partial charge in [-0.05, 0) is 36.8 Å². The number of amides is 1. The second kappa shape index (κ2) is 7.10. The fraction of sp³-hybridized carbons (Fsp3) is 0.438. The van der Waals surface area contributed by atoms with Crippen LogP contribution in [0.4, 0.5) is 0 Å². The SMILES string of the molecule is O=C(/C=C\c1ccccc1)N1CCC[C@H](CCO)C1. The Morgan fingerprint density at radius 1 is 1.37 bits per heavy atom. The molecule has 1 N–H and O–H groups in total. The first-order valence-corrected chi connectivity index (χ1v) is 6.92. The van der Waals surface area contributed by atoms with Gasteiger partial charge in [0, 0.05) is 25.8 Å². The minimum atomic E-state index is 0.0755. The Kier molecular flexibility index (Phi) is 5.16. The number of aliphatic hydroxyl groups is 1. The third kappa shape index (κ3) is 4.21. The van der Waals surface area contributed by atoms with Gasteiger partial charge in [-0.15, -0.1) is 0 Å². The molecule has 19 heavy (non-hydrogen) atoms. The number of likely N-dealkylation sites (tertiary alicyclic amines) is 1. The van der Waals surface area contributed by atoms with Crippen LogP contribution in [0.5, 0.6) is 0 Å². The van der Waals surface area contributed by atoms with Crippen LogP contribution in [-0.2, 0) is 4.79 Å². The van der Waals surface area contributed by atoms with Gasteiger partial charge >= 0.3 is 0 Å². The summed E-state index contributed by atoms with van der Waals surface area (Å²) in [6.07, 6.45) is 6.46. The molecule has 1 amide bonds. The van der Waals surface area contributed by atoms with Crippen LogP contribution < -0.4 is 0 Å². The van der Waals surface area contributed by atoms with E-state index >= 15 is 0 Å². The van der Waals surface area contributed by atoms with E-state index in [1.165, 1.54) is 0 Å². The highest BCUT2D eigenvalue weighted by Gasteiger charge is 2.21. The Labute approximate surface area is 114 Å². The van der Waals surface area contributed by atoms with Crippen LogP contribution in [0, 0.1) is 5.92 Å². The van der Waals surface area contributed by atoms with Gasteiger partial charge in [0.1, 0.15) is 0 Å². The molecular weight excluding hydrogens is 238 g/mol. The zero-order valence-corrected chi connectivity index (χ0v) is 11.2. The third-order valence-electron chi connectivity index (χ3n) is 3.59. The molecule has 0 aromatic heterocycles. The fourth-order valence-electron chi connectivity index (χ4n) is 2.52. The highest BCUT2D eigenvalue weighted by Crippen LogP contribution is 2.19. The van der Waals surface area contributed by atoms with E-state index in [-0.39, 0.29) is 12.5 Å². The number of carbonyl (C=O) groups excluding carboxylic acids is 1. The summed E-state index contributed by atoms with van der Waals surface area (Å²) in [6, 6.07) is 9.84. The largest absolute Gasteiger partial charge is 0.396 e. The molecule has 1 aliphatic heterocycles. The normalized spacial score (nSPS) is 19.8. The van der Waals surface area contributed by atoms with Crippen molar-refractivity contribution in [3.05, 3.63) is 42.0 Å². The standard InChI is InChI=1S/C16H21NO2/c18-12-10-15-7-4-11-17(13-15)16(19)9-8-14-5-2-1-3-6-14/h1-3,5-6,8-9,15,18H,4,7,10-13H2/b9-8-/t15-/m1/s1. The topological polar surface area (TPSA) is 40.5 Å². The van der Waals surface area contributed by atoms with Gasteiger partial charge in [0.25, 0.3) is 0 Å². The van der Waals surface area contributed by atoms with Crippen LogP contribution in [0.25, 0.3) is 6.08 Å². The van der Waals surface area contributed by atoms with Crippen molar-refractivity contribution in [1.82, 2.24) is 4.90 Å². The zero-order valence-electron chi connectivity index (χ0n) is 11.2.